The molecular weight excluding hydrogens is 186 g/mol. The summed E-state index contributed by atoms with van der Waals surface area (Å²) in [5.41, 5.74) is 2.26. The van der Waals surface area contributed by atoms with Crippen LogP contribution in [0, 0.1) is 0 Å². The van der Waals surface area contributed by atoms with Gasteiger partial charge in [-0.25, -0.2) is 0 Å². The van der Waals surface area contributed by atoms with Crippen molar-refractivity contribution in [3.63, 3.8) is 0 Å². The third-order valence-electron chi connectivity index (χ3n) is 2.45. The topological polar surface area (TPSA) is 17.2 Å². The van der Waals surface area contributed by atoms with Crippen LogP contribution >= 0.6 is 0 Å². The summed E-state index contributed by atoms with van der Waals surface area (Å²) in [6, 6.07) is 14.1. The van der Waals surface area contributed by atoms with Crippen LogP contribution in [-0.4, -0.2) is 0 Å². The third kappa shape index (κ3) is 1.40. The molecule has 0 saturated heterocycles. The lowest BCUT2D eigenvalue weighted by Crippen LogP contribution is -2.19. The predicted molar refractivity (Wildman–Crippen MR) is 57.3 cm³/mol. The van der Waals surface area contributed by atoms with Gasteiger partial charge >= 0.3 is 0 Å². The number of hydrogen-bond acceptors (Lipinski definition) is 1. The molecule has 3 aromatic rings. The van der Waals surface area contributed by atoms with Gasteiger partial charge in [0.1, 0.15) is 5.76 Å². The fraction of sp³-hybridized carbons (Fsp3) is 0. The van der Waals surface area contributed by atoms with E-state index in [1.54, 1.807) is 6.26 Å². The number of hydrogen-bond donors (Lipinski definition) is 0. The zero-order valence-electron chi connectivity index (χ0n) is 8.13. The fourth-order valence-electron chi connectivity index (χ4n) is 1.69. The van der Waals surface area contributed by atoms with E-state index in [1.165, 1.54) is 0 Å². The number of rotatable bonds is 1. The Morgan fingerprint density at radius 3 is 2.80 bits per heavy atom. The maximum absolute atomic E-state index is 5.36. The summed E-state index contributed by atoms with van der Waals surface area (Å²) < 4.78 is 7.44. The minimum atomic E-state index is 0.904. The normalized spacial score (nSPS) is 10.7. The summed E-state index contributed by atoms with van der Waals surface area (Å²) in [5, 5.41) is 0. The van der Waals surface area contributed by atoms with E-state index in [0.29, 0.717) is 0 Å². The highest BCUT2D eigenvalue weighted by atomic mass is 16.3. The zero-order valence-corrected chi connectivity index (χ0v) is 8.13. The second-order valence-electron chi connectivity index (χ2n) is 3.43. The van der Waals surface area contributed by atoms with Crippen LogP contribution in [0.25, 0.3) is 16.8 Å². The van der Waals surface area contributed by atoms with Gasteiger partial charge < -0.3 is 4.42 Å². The first-order valence-electron chi connectivity index (χ1n) is 4.87. The molecule has 2 heteroatoms. The predicted octanol–water partition coefficient (Wildman–Crippen LogP) is 2.69. The highest BCUT2D eigenvalue weighted by Crippen LogP contribution is 2.19. The monoisotopic (exact) mass is 196 g/mol. The lowest BCUT2D eigenvalue weighted by atomic mass is 10.2. The van der Waals surface area contributed by atoms with Crippen molar-refractivity contribution >= 4 is 5.52 Å². The SMILES string of the molecule is c1coc(-c2cc[n+]3ccccc3c2)c1. The van der Waals surface area contributed by atoms with E-state index in [4.69, 9.17) is 4.42 Å². The minimum absolute atomic E-state index is 0.904. The highest BCUT2D eigenvalue weighted by molar-refractivity contribution is 5.61. The summed E-state index contributed by atoms with van der Waals surface area (Å²) in [6.45, 7) is 0. The molecule has 0 fully saturated rings. The van der Waals surface area contributed by atoms with Gasteiger partial charge in [0, 0.05) is 29.8 Å². The van der Waals surface area contributed by atoms with Crippen molar-refractivity contribution < 1.29 is 8.82 Å². The highest BCUT2D eigenvalue weighted by Gasteiger charge is 2.05. The van der Waals surface area contributed by atoms with Crippen LogP contribution in [0.2, 0.25) is 0 Å². The van der Waals surface area contributed by atoms with Crippen LogP contribution in [0.15, 0.2) is 65.5 Å². The molecular formula is C13H10NO+. The first-order valence-corrected chi connectivity index (χ1v) is 4.87. The molecule has 0 aliphatic heterocycles. The molecule has 3 aromatic heterocycles. The third-order valence-corrected chi connectivity index (χ3v) is 2.45. The van der Waals surface area contributed by atoms with Crippen LogP contribution in [0.5, 0.6) is 0 Å². The van der Waals surface area contributed by atoms with Crippen molar-refractivity contribution in [2.24, 2.45) is 0 Å². The molecule has 0 aromatic carbocycles. The van der Waals surface area contributed by atoms with Gasteiger partial charge in [-0.05, 0) is 18.2 Å². The Balaban J connectivity index is 2.22. The van der Waals surface area contributed by atoms with E-state index < -0.39 is 0 Å². The minimum Gasteiger partial charge on any atom is -0.464 e. The average molecular weight is 196 g/mol. The standard InChI is InChI=1S/C13H10NO/c1-2-7-14-8-6-11(10-12(14)4-1)13-5-3-9-15-13/h1-10H/q+1. The molecule has 0 N–H and O–H groups in total. The van der Waals surface area contributed by atoms with Crippen LogP contribution in [0.3, 0.4) is 0 Å². The number of furan rings is 1. The second kappa shape index (κ2) is 3.24. The van der Waals surface area contributed by atoms with Crippen molar-refractivity contribution in [2.75, 3.05) is 0 Å². The van der Waals surface area contributed by atoms with Crippen LogP contribution in [0.4, 0.5) is 0 Å². The number of aromatic nitrogens is 1. The van der Waals surface area contributed by atoms with Crippen molar-refractivity contribution in [1.29, 1.82) is 0 Å². The van der Waals surface area contributed by atoms with E-state index in [1.807, 2.05) is 42.7 Å². The maximum atomic E-state index is 5.36. The lowest BCUT2D eigenvalue weighted by Gasteiger charge is -1.95. The zero-order chi connectivity index (χ0) is 10.1. The van der Waals surface area contributed by atoms with Gasteiger partial charge in [-0.1, -0.05) is 0 Å². The molecule has 0 unspecified atom stereocenters. The smallest absolute Gasteiger partial charge is 0.211 e. The average Bonchev–Trinajstić information content (AvgIpc) is 2.82. The van der Waals surface area contributed by atoms with Crippen molar-refractivity contribution in [3.05, 3.63) is 61.1 Å². The van der Waals surface area contributed by atoms with Gasteiger partial charge in [0.05, 0.1) is 6.26 Å². The van der Waals surface area contributed by atoms with Crippen molar-refractivity contribution in [2.45, 2.75) is 0 Å². The van der Waals surface area contributed by atoms with Gasteiger partial charge in [-0.15, -0.1) is 0 Å². The number of nitrogens with zero attached hydrogens (tertiary/aromatic N) is 1. The summed E-state index contributed by atoms with van der Waals surface area (Å²) in [6.07, 6.45) is 5.76. The molecule has 0 aliphatic rings. The molecule has 0 atom stereocenters. The molecule has 0 aliphatic carbocycles. The summed E-state index contributed by atoms with van der Waals surface area (Å²) in [7, 11) is 0. The lowest BCUT2D eigenvalue weighted by molar-refractivity contribution is -0.511. The largest absolute Gasteiger partial charge is 0.464 e. The Kier molecular flexibility index (Phi) is 1.78. The first kappa shape index (κ1) is 8.24. The van der Waals surface area contributed by atoms with Crippen LogP contribution < -0.4 is 4.40 Å². The molecule has 0 amide bonds. The van der Waals surface area contributed by atoms with Gasteiger partial charge in [-0.3, -0.25) is 0 Å². The fourth-order valence-corrected chi connectivity index (χ4v) is 1.69. The molecule has 2 nitrogen and oxygen atoms in total. The van der Waals surface area contributed by atoms with E-state index in [0.717, 1.165) is 16.8 Å². The molecule has 3 heterocycles. The molecule has 0 bridgehead atoms. The Morgan fingerprint density at radius 1 is 0.933 bits per heavy atom. The van der Waals surface area contributed by atoms with Gasteiger partial charge in [-0.2, -0.15) is 4.40 Å². The molecule has 3 rings (SSSR count). The molecule has 0 radical (unpaired) electrons. The Bertz CT molecular complexity index is 584. The van der Waals surface area contributed by atoms with E-state index in [2.05, 4.69) is 16.5 Å². The quantitative estimate of drug-likeness (QED) is 0.547. The van der Waals surface area contributed by atoms with Crippen LogP contribution in [0.1, 0.15) is 0 Å². The summed E-state index contributed by atoms with van der Waals surface area (Å²) >= 11 is 0. The van der Waals surface area contributed by atoms with Crippen LogP contribution in [-0.2, 0) is 0 Å². The molecule has 0 saturated carbocycles. The Morgan fingerprint density at radius 2 is 1.93 bits per heavy atom. The molecule has 15 heavy (non-hydrogen) atoms. The number of pyridine rings is 2. The Labute approximate surface area is 87.4 Å². The van der Waals surface area contributed by atoms with E-state index >= 15 is 0 Å². The van der Waals surface area contributed by atoms with E-state index in [-0.39, 0.29) is 0 Å². The van der Waals surface area contributed by atoms with Crippen molar-refractivity contribution in [3.8, 4) is 11.3 Å². The summed E-state index contributed by atoms with van der Waals surface area (Å²) in [4.78, 5) is 0. The second-order valence-corrected chi connectivity index (χ2v) is 3.43. The molecule has 0 spiro atoms. The maximum Gasteiger partial charge on any atom is 0.211 e. The first-order chi connectivity index (χ1) is 7.43. The summed E-state index contributed by atoms with van der Waals surface area (Å²) in [5.74, 6) is 0.904. The van der Waals surface area contributed by atoms with Gasteiger partial charge in [0.25, 0.3) is 0 Å². The Hall–Kier alpha value is -2.09. The molecule has 72 valence electrons. The number of fused-ring (bicyclic) bond motifs is 1. The van der Waals surface area contributed by atoms with E-state index in [9.17, 15) is 0 Å². The van der Waals surface area contributed by atoms with Gasteiger partial charge in [0.15, 0.2) is 12.4 Å². The van der Waals surface area contributed by atoms with Crippen molar-refractivity contribution in [1.82, 2.24) is 0 Å². The van der Waals surface area contributed by atoms with Gasteiger partial charge in [0.2, 0.25) is 5.52 Å².